The highest BCUT2D eigenvalue weighted by atomic mass is 16.5. The monoisotopic (exact) mass is 462 g/mol. The van der Waals surface area contributed by atoms with Crippen molar-refractivity contribution in [3.05, 3.63) is 59.7 Å². The van der Waals surface area contributed by atoms with Crippen molar-refractivity contribution in [2.75, 3.05) is 13.2 Å². The molecule has 1 heterocycles. The molecule has 1 saturated carbocycles. The van der Waals surface area contributed by atoms with Crippen LogP contribution in [0.3, 0.4) is 0 Å². The van der Waals surface area contributed by atoms with Gasteiger partial charge in [0.05, 0.1) is 0 Å². The van der Waals surface area contributed by atoms with Gasteiger partial charge in [0.2, 0.25) is 5.91 Å². The van der Waals surface area contributed by atoms with Gasteiger partial charge in [0.1, 0.15) is 12.1 Å². The number of aliphatic carboxylic acids is 1. The normalized spacial score (nSPS) is 22.1. The fourth-order valence-electron chi connectivity index (χ4n) is 5.51. The molecule has 0 radical (unpaired) electrons. The summed E-state index contributed by atoms with van der Waals surface area (Å²) >= 11 is 0. The number of likely N-dealkylation sites (tertiary alicyclic amines) is 1. The molecule has 1 saturated heterocycles. The number of nitrogens with zero attached hydrogens (tertiary/aromatic N) is 1. The van der Waals surface area contributed by atoms with Crippen molar-refractivity contribution >= 4 is 18.0 Å². The van der Waals surface area contributed by atoms with Crippen LogP contribution in [0.4, 0.5) is 4.79 Å². The van der Waals surface area contributed by atoms with Crippen LogP contribution in [0.5, 0.6) is 0 Å². The van der Waals surface area contributed by atoms with Gasteiger partial charge in [0, 0.05) is 24.9 Å². The minimum Gasteiger partial charge on any atom is -0.480 e. The second-order valence-corrected chi connectivity index (χ2v) is 9.85. The number of ether oxygens (including phenoxy) is 1. The summed E-state index contributed by atoms with van der Waals surface area (Å²) in [5, 5.41) is 12.5. The summed E-state index contributed by atoms with van der Waals surface area (Å²) in [6.07, 6.45) is 2.56. The van der Waals surface area contributed by atoms with E-state index in [1.165, 1.54) is 16.0 Å². The van der Waals surface area contributed by atoms with Crippen molar-refractivity contribution in [2.45, 2.75) is 56.5 Å². The van der Waals surface area contributed by atoms with Crippen molar-refractivity contribution in [3.63, 3.8) is 0 Å². The number of carboxylic acids is 1. The lowest BCUT2D eigenvalue weighted by Gasteiger charge is -2.32. The lowest BCUT2D eigenvalue weighted by atomic mass is 9.98. The largest absolute Gasteiger partial charge is 0.480 e. The van der Waals surface area contributed by atoms with E-state index in [4.69, 9.17) is 4.74 Å². The summed E-state index contributed by atoms with van der Waals surface area (Å²) in [5.74, 6) is -1.01. The quantitative estimate of drug-likeness (QED) is 0.644. The first-order valence-corrected chi connectivity index (χ1v) is 12.0. The molecule has 178 valence electrons. The molecule has 2 unspecified atom stereocenters. The zero-order valence-electron chi connectivity index (χ0n) is 19.3. The van der Waals surface area contributed by atoms with Crippen molar-refractivity contribution < 1.29 is 24.2 Å². The highest BCUT2D eigenvalue weighted by Crippen LogP contribution is 2.44. The van der Waals surface area contributed by atoms with Crippen LogP contribution in [-0.4, -0.2) is 52.7 Å². The summed E-state index contributed by atoms with van der Waals surface area (Å²) in [7, 11) is 0. The fourth-order valence-corrected chi connectivity index (χ4v) is 5.51. The molecule has 2 N–H and O–H groups in total. The van der Waals surface area contributed by atoms with Crippen molar-refractivity contribution in [2.24, 2.45) is 5.92 Å². The standard InChI is InChI=1S/C27H30N2O5/c1-27(25(31)32)13-6-14-29(27)24(30)15-23(17-11-12-17)28-26(33)34-16-22-20-9-4-2-7-18(20)19-8-3-5-10-21(19)22/h2-5,7-10,17,22-23H,6,11-16H2,1H3,(H,28,33)(H,31,32). The highest BCUT2D eigenvalue weighted by Gasteiger charge is 2.47. The molecule has 0 aromatic heterocycles. The van der Waals surface area contributed by atoms with Crippen molar-refractivity contribution in [1.82, 2.24) is 10.2 Å². The number of nitrogens with one attached hydrogen (secondary N) is 1. The third-order valence-corrected chi connectivity index (χ3v) is 7.64. The van der Waals surface area contributed by atoms with Crippen LogP contribution in [0, 0.1) is 5.92 Å². The summed E-state index contributed by atoms with van der Waals surface area (Å²) in [4.78, 5) is 39.0. The number of carboxylic acid groups (broad SMARTS) is 1. The Kier molecular flexibility index (Phi) is 5.80. The Bertz CT molecular complexity index is 1080. The van der Waals surface area contributed by atoms with E-state index in [1.54, 1.807) is 6.92 Å². The summed E-state index contributed by atoms with van der Waals surface area (Å²) < 4.78 is 5.67. The zero-order chi connectivity index (χ0) is 23.9. The lowest BCUT2D eigenvalue weighted by Crippen LogP contribution is -2.52. The number of amides is 2. The molecule has 2 aromatic carbocycles. The minimum absolute atomic E-state index is 0.0277. The number of alkyl carbamates (subject to hydrolysis) is 1. The van der Waals surface area contributed by atoms with Crippen LogP contribution in [0.25, 0.3) is 11.1 Å². The molecule has 0 bridgehead atoms. The van der Waals surface area contributed by atoms with Gasteiger partial charge in [-0.2, -0.15) is 0 Å². The average Bonchev–Trinajstić information content (AvgIpc) is 3.52. The second kappa shape index (κ2) is 8.78. The van der Waals surface area contributed by atoms with Gasteiger partial charge in [-0.05, 0) is 60.8 Å². The van der Waals surface area contributed by atoms with Crippen LogP contribution in [0.15, 0.2) is 48.5 Å². The van der Waals surface area contributed by atoms with Gasteiger partial charge in [-0.25, -0.2) is 9.59 Å². The number of rotatable bonds is 7. The van der Waals surface area contributed by atoms with Gasteiger partial charge in [-0.15, -0.1) is 0 Å². The summed E-state index contributed by atoms with van der Waals surface area (Å²) in [6.45, 7) is 2.25. The molecule has 2 aliphatic carbocycles. The van der Waals surface area contributed by atoms with Crippen LogP contribution >= 0.6 is 0 Å². The first-order chi connectivity index (χ1) is 16.4. The molecule has 2 fully saturated rings. The Morgan fingerprint density at radius 1 is 1.09 bits per heavy atom. The van der Waals surface area contributed by atoms with Crippen molar-refractivity contribution in [1.29, 1.82) is 0 Å². The van der Waals surface area contributed by atoms with Gasteiger partial charge < -0.3 is 20.1 Å². The first kappa shape index (κ1) is 22.4. The molecule has 3 aliphatic rings. The fraction of sp³-hybridized carbons (Fsp3) is 0.444. The van der Waals surface area contributed by atoms with Crippen molar-refractivity contribution in [3.8, 4) is 11.1 Å². The van der Waals surface area contributed by atoms with Crippen LogP contribution in [-0.2, 0) is 14.3 Å². The highest BCUT2D eigenvalue weighted by molar-refractivity contribution is 5.88. The number of hydrogen-bond donors (Lipinski definition) is 2. The summed E-state index contributed by atoms with van der Waals surface area (Å²) in [6, 6.07) is 16.0. The Hall–Kier alpha value is -3.35. The van der Waals surface area contributed by atoms with Gasteiger partial charge in [0.25, 0.3) is 0 Å². The second-order valence-electron chi connectivity index (χ2n) is 9.85. The Balaban J connectivity index is 1.23. The topological polar surface area (TPSA) is 95.9 Å². The molecule has 2 atom stereocenters. The molecule has 7 nitrogen and oxygen atoms in total. The molecular weight excluding hydrogens is 432 g/mol. The Labute approximate surface area is 199 Å². The van der Waals surface area contributed by atoms with E-state index < -0.39 is 17.6 Å². The molecule has 5 rings (SSSR count). The number of carbonyl (C=O) groups is 3. The Morgan fingerprint density at radius 3 is 2.29 bits per heavy atom. The maximum Gasteiger partial charge on any atom is 0.407 e. The third kappa shape index (κ3) is 4.04. The van der Waals surface area contributed by atoms with E-state index in [2.05, 4.69) is 29.6 Å². The Morgan fingerprint density at radius 2 is 1.71 bits per heavy atom. The number of benzene rings is 2. The molecular formula is C27H30N2O5. The predicted molar refractivity (Wildman–Crippen MR) is 126 cm³/mol. The van der Waals surface area contributed by atoms with Gasteiger partial charge in [0.15, 0.2) is 0 Å². The van der Waals surface area contributed by atoms with E-state index in [0.29, 0.717) is 19.4 Å². The number of hydrogen-bond acceptors (Lipinski definition) is 4. The van der Waals surface area contributed by atoms with Crippen LogP contribution < -0.4 is 5.32 Å². The van der Waals surface area contributed by atoms with Gasteiger partial charge in [-0.3, -0.25) is 4.79 Å². The lowest BCUT2D eigenvalue weighted by molar-refractivity contribution is -0.155. The zero-order valence-corrected chi connectivity index (χ0v) is 19.3. The molecule has 1 aliphatic heterocycles. The third-order valence-electron chi connectivity index (χ3n) is 7.64. The molecule has 34 heavy (non-hydrogen) atoms. The summed E-state index contributed by atoms with van der Waals surface area (Å²) in [5.41, 5.74) is 3.45. The van der Waals surface area contributed by atoms with E-state index in [0.717, 1.165) is 24.0 Å². The molecule has 7 heteroatoms. The number of carbonyl (C=O) groups excluding carboxylic acids is 2. The van der Waals surface area contributed by atoms with E-state index in [-0.39, 0.29) is 36.8 Å². The number of fused-ring (bicyclic) bond motifs is 3. The smallest absolute Gasteiger partial charge is 0.407 e. The van der Waals surface area contributed by atoms with Crippen LogP contribution in [0.1, 0.15) is 56.1 Å². The van der Waals surface area contributed by atoms with E-state index in [9.17, 15) is 19.5 Å². The maximum absolute atomic E-state index is 13.0. The molecule has 0 spiro atoms. The molecule has 2 aromatic rings. The average molecular weight is 463 g/mol. The minimum atomic E-state index is -1.17. The predicted octanol–water partition coefficient (Wildman–Crippen LogP) is 4.16. The SMILES string of the molecule is CC1(C(=O)O)CCCN1C(=O)CC(NC(=O)OCC1c2ccccc2-c2ccccc21)C1CC1. The van der Waals surface area contributed by atoms with Gasteiger partial charge in [-0.1, -0.05) is 48.5 Å². The molecule has 2 amide bonds. The van der Waals surface area contributed by atoms with E-state index >= 15 is 0 Å². The van der Waals surface area contributed by atoms with Gasteiger partial charge >= 0.3 is 12.1 Å². The van der Waals surface area contributed by atoms with E-state index in [1.807, 2.05) is 24.3 Å². The van der Waals surface area contributed by atoms with Crippen LogP contribution in [0.2, 0.25) is 0 Å². The maximum atomic E-state index is 13.0. The first-order valence-electron chi connectivity index (χ1n) is 12.0.